The largest absolute Gasteiger partial charge is 0.391 e. The maximum Gasteiger partial charge on any atom is 0.0704 e. The van der Waals surface area contributed by atoms with E-state index in [-0.39, 0.29) is 6.04 Å². The summed E-state index contributed by atoms with van der Waals surface area (Å²) in [5, 5.41) is 9.46. The monoisotopic (exact) mass is 193 g/mol. The number of aliphatic hydroxyl groups excluding tert-OH is 1. The zero-order valence-electron chi connectivity index (χ0n) is 9.12. The maximum absolute atomic E-state index is 9.46. The standard InChI is InChI=1S/C12H19NO/c1-4-10-6-5-8(2)7-11(10)12(13)9(3)14/h5-7,9,12,14H,4,13H2,1-3H3/t9-,12+/m0/s1. The predicted molar refractivity (Wildman–Crippen MR) is 59.2 cm³/mol. The van der Waals surface area contributed by atoms with Crippen molar-refractivity contribution in [2.24, 2.45) is 5.73 Å². The Labute approximate surface area is 85.8 Å². The van der Waals surface area contributed by atoms with Crippen molar-refractivity contribution in [3.05, 3.63) is 34.9 Å². The van der Waals surface area contributed by atoms with Crippen LogP contribution in [0.4, 0.5) is 0 Å². The van der Waals surface area contributed by atoms with E-state index in [0.29, 0.717) is 0 Å². The Kier molecular flexibility index (Phi) is 3.67. The van der Waals surface area contributed by atoms with Crippen LogP contribution in [-0.4, -0.2) is 11.2 Å². The van der Waals surface area contributed by atoms with E-state index in [1.54, 1.807) is 6.92 Å². The molecule has 0 aliphatic heterocycles. The lowest BCUT2D eigenvalue weighted by Gasteiger charge is -2.19. The van der Waals surface area contributed by atoms with E-state index in [2.05, 4.69) is 25.1 Å². The molecule has 0 aliphatic rings. The van der Waals surface area contributed by atoms with E-state index in [1.165, 1.54) is 11.1 Å². The molecule has 3 N–H and O–H groups in total. The second-order valence-corrected chi connectivity index (χ2v) is 3.82. The minimum Gasteiger partial charge on any atom is -0.391 e. The number of nitrogens with two attached hydrogens (primary N) is 1. The van der Waals surface area contributed by atoms with Gasteiger partial charge < -0.3 is 10.8 Å². The number of aliphatic hydroxyl groups is 1. The first-order valence-corrected chi connectivity index (χ1v) is 5.09. The van der Waals surface area contributed by atoms with Gasteiger partial charge in [0.15, 0.2) is 0 Å². The molecule has 0 aromatic heterocycles. The fourth-order valence-corrected chi connectivity index (χ4v) is 1.61. The Hall–Kier alpha value is -0.860. The smallest absolute Gasteiger partial charge is 0.0704 e. The van der Waals surface area contributed by atoms with Crippen molar-refractivity contribution in [2.45, 2.75) is 39.3 Å². The van der Waals surface area contributed by atoms with Gasteiger partial charge in [-0.25, -0.2) is 0 Å². The molecule has 0 saturated heterocycles. The molecule has 1 aromatic carbocycles. The minimum absolute atomic E-state index is 0.273. The van der Waals surface area contributed by atoms with Crippen molar-refractivity contribution >= 4 is 0 Å². The van der Waals surface area contributed by atoms with Crippen LogP contribution in [0.2, 0.25) is 0 Å². The molecule has 0 heterocycles. The summed E-state index contributed by atoms with van der Waals surface area (Å²) >= 11 is 0. The van der Waals surface area contributed by atoms with Crippen molar-refractivity contribution in [1.82, 2.24) is 0 Å². The SMILES string of the molecule is CCc1ccc(C)cc1[C@H](N)[C@H](C)O. The molecule has 0 amide bonds. The van der Waals surface area contributed by atoms with E-state index in [1.807, 2.05) is 6.92 Å². The summed E-state index contributed by atoms with van der Waals surface area (Å²) in [6.45, 7) is 5.87. The van der Waals surface area contributed by atoms with Crippen molar-refractivity contribution in [3.8, 4) is 0 Å². The van der Waals surface area contributed by atoms with Crippen molar-refractivity contribution in [1.29, 1.82) is 0 Å². The molecule has 0 spiro atoms. The van der Waals surface area contributed by atoms with Gasteiger partial charge in [0.2, 0.25) is 0 Å². The molecular weight excluding hydrogens is 174 g/mol. The highest BCUT2D eigenvalue weighted by Gasteiger charge is 2.14. The average molecular weight is 193 g/mol. The van der Waals surface area contributed by atoms with Crippen LogP contribution in [0, 0.1) is 6.92 Å². The number of rotatable bonds is 3. The topological polar surface area (TPSA) is 46.2 Å². The van der Waals surface area contributed by atoms with Crippen LogP contribution in [0.1, 0.15) is 36.6 Å². The van der Waals surface area contributed by atoms with Crippen molar-refractivity contribution < 1.29 is 5.11 Å². The summed E-state index contributed by atoms with van der Waals surface area (Å²) < 4.78 is 0. The number of benzene rings is 1. The molecule has 78 valence electrons. The maximum atomic E-state index is 9.46. The molecule has 2 atom stereocenters. The van der Waals surface area contributed by atoms with Gasteiger partial charge in [-0.3, -0.25) is 0 Å². The first kappa shape index (κ1) is 11.2. The van der Waals surface area contributed by atoms with Crippen LogP contribution in [0.5, 0.6) is 0 Å². The third-order valence-corrected chi connectivity index (χ3v) is 2.56. The molecule has 0 aliphatic carbocycles. The van der Waals surface area contributed by atoms with Gasteiger partial charge in [-0.2, -0.15) is 0 Å². The van der Waals surface area contributed by atoms with Crippen LogP contribution >= 0.6 is 0 Å². The highest BCUT2D eigenvalue weighted by atomic mass is 16.3. The van der Waals surface area contributed by atoms with Gasteiger partial charge >= 0.3 is 0 Å². The van der Waals surface area contributed by atoms with Crippen LogP contribution < -0.4 is 5.73 Å². The molecule has 0 unspecified atom stereocenters. The first-order chi connectivity index (χ1) is 6.56. The molecular formula is C12H19NO. The molecule has 2 heteroatoms. The average Bonchev–Trinajstić information content (AvgIpc) is 2.16. The van der Waals surface area contributed by atoms with Crippen LogP contribution in [-0.2, 0) is 6.42 Å². The van der Waals surface area contributed by atoms with E-state index < -0.39 is 6.10 Å². The summed E-state index contributed by atoms with van der Waals surface area (Å²) in [5.41, 5.74) is 9.42. The number of hydrogen-bond acceptors (Lipinski definition) is 2. The molecule has 0 fully saturated rings. The Balaban J connectivity index is 3.10. The lowest BCUT2D eigenvalue weighted by atomic mass is 9.94. The lowest BCUT2D eigenvalue weighted by Crippen LogP contribution is -2.24. The van der Waals surface area contributed by atoms with Gasteiger partial charge in [0.05, 0.1) is 12.1 Å². The van der Waals surface area contributed by atoms with Gasteiger partial charge in [-0.05, 0) is 31.4 Å². The third kappa shape index (κ3) is 2.34. The van der Waals surface area contributed by atoms with E-state index in [0.717, 1.165) is 12.0 Å². The molecule has 2 nitrogen and oxygen atoms in total. The summed E-state index contributed by atoms with van der Waals surface area (Å²) in [6, 6.07) is 5.96. The molecule has 1 aromatic rings. The van der Waals surface area contributed by atoms with E-state index in [4.69, 9.17) is 5.73 Å². The normalized spacial score (nSPS) is 15.2. The summed E-state index contributed by atoms with van der Waals surface area (Å²) in [6.07, 6.45) is 0.456. The van der Waals surface area contributed by atoms with E-state index in [9.17, 15) is 5.11 Å². The molecule has 0 bridgehead atoms. The molecule has 0 saturated carbocycles. The van der Waals surface area contributed by atoms with Gasteiger partial charge in [-0.15, -0.1) is 0 Å². The summed E-state index contributed by atoms with van der Waals surface area (Å²) in [4.78, 5) is 0. The second kappa shape index (κ2) is 4.58. The fraction of sp³-hybridized carbons (Fsp3) is 0.500. The first-order valence-electron chi connectivity index (χ1n) is 5.09. The number of hydrogen-bond donors (Lipinski definition) is 2. The Morgan fingerprint density at radius 2 is 2.07 bits per heavy atom. The van der Waals surface area contributed by atoms with Crippen LogP contribution in [0.15, 0.2) is 18.2 Å². The van der Waals surface area contributed by atoms with Crippen molar-refractivity contribution in [3.63, 3.8) is 0 Å². The second-order valence-electron chi connectivity index (χ2n) is 3.82. The predicted octanol–water partition coefficient (Wildman–Crippen LogP) is 1.94. The fourth-order valence-electron chi connectivity index (χ4n) is 1.61. The van der Waals surface area contributed by atoms with Gasteiger partial charge in [0, 0.05) is 0 Å². The van der Waals surface area contributed by atoms with Gasteiger partial charge in [-0.1, -0.05) is 30.7 Å². The van der Waals surface area contributed by atoms with E-state index >= 15 is 0 Å². The zero-order chi connectivity index (χ0) is 10.7. The number of aryl methyl sites for hydroxylation is 2. The Morgan fingerprint density at radius 3 is 2.57 bits per heavy atom. The summed E-state index contributed by atoms with van der Waals surface area (Å²) in [5.74, 6) is 0. The summed E-state index contributed by atoms with van der Waals surface area (Å²) in [7, 11) is 0. The van der Waals surface area contributed by atoms with Crippen LogP contribution in [0.3, 0.4) is 0 Å². The molecule has 1 rings (SSSR count). The Morgan fingerprint density at radius 1 is 1.43 bits per heavy atom. The molecule has 0 radical (unpaired) electrons. The van der Waals surface area contributed by atoms with Gasteiger partial charge in [0.25, 0.3) is 0 Å². The van der Waals surface area contributed by atoms with Crippen molar-refractivity contribution in [2.75, 3.05) is 0 Å². The highest BCUT2D eigenvalue weighted by molar-refractivity contribution is 5.34. The highest BCUT2D eigenvalue weighted by Crippen LogP contribution is 2.21. The lowest BCUT2D eigenvalue weighted by molar-refractivity contribution is 0.164. The quantitative estimate of drug-likeness (QED) is 0.770. The van der Waals surface area contributed by atoms with Crippen LogP contribution in [0.25, 0.3) is 0 Å². The van der Waals surface area contributed by atoms with Gasteiger partial charge in [0.1, 0.15) is 0 Å². The molecule has 14 heavy (non-hydrogen) atoms. The minimum atomic E-state index is -0.498. The zero-order valence-corrected chi connectivity index (χ0v) is 9.12. The third-order valence-electron chi connectivity index (χ3n) is 2.56. The Bertz CT molecular complexity index is 307.